The van der Waals surface area contributed by atoms with Gasteiger partial charge in [-0.25, -0.2) is 4.98 Å². The van der Waals surface area contributed by atoms with Gasteiger partial charge >= 0.3 is 0 Å². The lowest BCUT2D eigenvalue weighted by molar-refractivity contribution is -0.119. The molecular formula is C29H35N5O3. The first-order valence-corrected chi connectivity index (χ1v) is 13.9. The summed E-state index contributed by atoms with van der Waals surface area (Å²) in [4.78, 5) is 23.8. The minimum Gasteiger partial charge on any atom is -0.488 e. The van der Waals surface area contributed by atoms with E-state index in [-0.39, 0.29) is 17.9 Å². The summed E-state index contributed by atoms with van der Waals surface area (Å²) in [7, 11) is 0. The number of ether oxygens (including phenoxy) is 2. The summed E-state index contributed by atoms with van der Waals surface area (Å²) < 4.78 is 14.2. The summed E-state index contributed by atoms with van der Waals surface area (Å²) in [6.07, 6.45) is 9.21. The number of fused-ring (bicyclic) bond motifs is 1. The highest BCUT2D eigenvalue weighted by atomic mass is 16.5. The lowest BCUT2D eigenvalue weighted by atomic mass is 9.83. The Morgan fingerprint density at radius 1 is 1.08 bits per heavy atom. The van der Waals surface area contributed by atoms with Crippen molar-refractivity contribution >= 4 is 22.6 Å². The Hall–Kier alpha value is -3.13. The molecule has 5 heterocycles. The number of benzene rings is 1. The molecule has 1 N–H and O–H groups in total. The normalized spacial score (nSPS) is 23.8. The monoisotopic (exact) mass is 501 g/mol. The van der Waals surface area contributed by atoms with Crippen LogP contribution in [-0.4, -0.2) is 59.4 Å². The van der Waals surface area contributed by atoms with E-state index in [0.717, 1.165) is 66.2 Å². The lowest BCUT2D eigenvalue weighted by Crippen LogP contribution is -2.42. The van der Waals surface area contributed by atoms with Crippen molar-refractivity contribution in [3.8, 4) is 17.0 Å². The molecule has 3 aliphatic heterocycles. The van der Waals surface area contributed by atoms with Crippen molar-refractivity contribution in [3.05, 3.63) is 36.8 Å². The van der Waals surface area contributed by atoms with E-state index in [4.69, 9.17) is 19.4 Å². The Labute approximate surface area is 217 Å². The van der Waals surface area contributed by atoms with Crippen molar-refractivity contribution in [3.63, 3.8) is 0 Å². The topological polar surface area (TPSA) is 81.5 Å². The number of carbonyl (C=O) groups excluding carboxylic acids is 1. The smallest absolute Gasteiger partial charge is 0.220 e. The number of hydrogen-bond acceptors (Lipinski definition) is 6. The number of nitrogens with one attached hydrogen (secondary N) is 1. The van der Waals surface area contributed by atoms with E-state index in [9.17, 15) is 4.79 Å². The quantitative estimate of drug-likeness (QED) is 0.523. The van der Waals surface area contributed by atoms with Crippen LogP contribution >= 0.6 is 0 Å². The number of hydrogen-bond donors (Lipinski definition) is 1. The van der Waals surface area contributed by atoms with Gasteiger partial charge in [-0.2, -0.15) is 0 Å². The van der Waals surface area contributed by atoms with Crippen LogP contribution < -0.4 is 15.0 Å². The second-order valence-electron chi connectivity index (χ2n) is 11.3. The van der Waals surface area contributed by atoms with Crippen molar-refractivity contribution in [2.24, 2.45) is 17.8 Å². The van der Waals surface area contributed by atoms with E-state index in [1.807, 2.05) is 12.5 Å². The molecule has 0 bridgehead atoms. The zero-order chi connectivity index (χ0) is 24.9. The average Bonchev–Trinajstić information content (AvgIpc) is 3.48. The average molecular weight is 502 g/mol. The highest BCUT2D eigenvalue weighted by molar-refractivity contribution is 5.88. The summed E-state index contributed by atoms with van der Waals surface area (Å²) >= 11 is 0. The van der Waals surface area contributed by atoms with Crippen LogP contribution in [-0.2, 0) is 9.53 Å². The van der Waals surface area contributed by atoms with E-state index in [1.165, 1.54) is 31.4 Å². The maximum atomic E-state index is 11.8. The molecule has 1 aliphatic carbocycles. The number of imidazole rings is 1. The number of pyridine rings is 1. The zero-order valence-corrected chi connectivity index (χ0v) is 21.4. The first-order valence-electron chi connectivity index (χ1n) is 13.9. The van der Waals surface area contributed by atoms with E-state index in [0.29, 0.717) is 19.0 Å². The fourth-order valence-electron chi connectivity index (χ4n) is 6.16. The Bertz CT molecular complexity index is 1290. The minimum absolute atomic E-state index is 0.0790. The summed E-state index contributed by atoms with van der Waals surface area (Å²) in [5.74, 6) is 2.68. The molecule has 8 heteroatoms. The third kappa shape index (κ3) is 4.45. The van der Waals surface area contributed by atoms with Gasteiger partial charge in [-0.3, -0.25) is 9.78 Å². The van der Waals surface area contributed by atoms with Crippen LogP contribution in [0.5, 0.6) is 5.75 Å². The van der Waals surface area contributed by atoms with Gasteiger partial charge in [0.15, 0.2) is 0 Å². The van der Waals surface area contributed by atoms with Gasteiger partial charge in [0.05, 0.1) is 42.6 Å². The van der Waals surface area contributed by atoms with Crippen LogP contribution in [0.4, 0.5) is 5.69 Å². The second-order valence-corrected chi connectivity index (χ2v) is 11.3. The number of piperidine rings is 1. The Morgan fingerprint density at radius 3 is 2.57 bits per heavy atom. The molecule has 1 amide bonds. The van der Waals surface area contributed by atoms with Crippen molar-refractivity contribution in [2.45, 2.75) is 51.2 Å². The van der Waals surface area contributed by atoms with Gasteiger partial charge < -0.3 is 24.3 Å². The molecule has 7 rings (SSSR count). The van der Waals surface area contributed by atoms with Gasteiger partial charge in [0, 0.05) is 49.5 Å². The number of amides is 1. The molecule has 2 atom stereocenters. The number of nitrogens with zero attached hydrogens (tertiary/aromatic N) is 4. The third-order valence-electron chi connectivity index (χ3n) is 8.84. The van der Waals surface area contributed by atoms with Crippen LogP contribution in [0.15, 0.2) is 36.8 Å². The molecule has 4 fully saturated rings. The van der Waals surface area contributed by atoms with Gasteiger partial charge in [-0.1, -0.05) is 0 Å². The molecule has 2 aromatic heterocycles. The van der Waals surface area contributed by atoms with Crippen molar-refractivity contribution in [2.75, 3.05) is 37.7 Å². The Morgan fingerprint density at radius 2 is 1.92 bits per heavy atom. The maximum absolute atomic E-state index is 11.8. The summed E-state index contributed by atoms with van der Waals surface area (Å²) in [5, 5.41) is 2.94. The summed E-state index contributed by atoms with van der Waals surface area (Å²) in [5.41, 5.74) is 5.09. The first kappa shape index (κ1) is 23.0. The van der Waals surface area contributed by atoms with Gasteiger partial charge in [-0.15, -0.1) is 0 Å². The highest BCUT2D eigenvalue weighted by Gasteiger charge is 2.32. The standard InChI is InChI=1S/C29H35N5O3/c1-18(21-12-28(35)31-13-21)37-27-11-20(10-26-29(27)34(17-32-26)23-2-3-23)25-5-4-24(14-30-25)33-8-6-19(7-9-33)22-15-36-16-22/h4-5,10-11,14,17-19,21-23H,2-3,6-9,12-13,15-16H2,1H3,(H,31,35)/t18-,21?/m1/s1. The molecule has 1 unspecified atom stereocenters. The Kier molecular flexibility index (Phi) is 5.80. The van der Waals surface area contributed by atoms with E-state index in [1.54, 1.807) is 0 Å². The largest absolute Gasteiger partial charge is 0.488 e. The van der Waals surface area contributed by atoms with Crippen molar-refractivity contribution in [1.82, 2.24) is 19.9 Å². The molecule has 3 saturated heterocycles. The number of carbonyl (C=O) groups is 1. The number of anilines is 1. The van der Waals surface area contributed by atoms with Crippen LogP contribution in [0.3, 0.4) is 0 Å². The fourth-order valence-corrected chi connectivity index (χ4v) is 6.16. The first-order chi connectivity index (χ1) is 18.1. The predicted octanol–water partition coefficient (Wildman–Crippen LogP) is 4.20. The van der Waals surface area contributed by atoms with Crippen molar-refractivity contribution in [1.29, 1.82) is 0 Å². The molecule has 8 nitrogen and oxygen atoms in total. The minimum atomic E-state index is -0.0790. The highest BCUT2D eigenvalue weighted by Crippen LogP contribution is 2.41. The third-order valence-corrected chi connectivity index (χ3v) is 8.84. The molecule has 1 saturated carbocycles. The maximum Gasteiger partial charge on any atom is 0.220 e. The zero-order valence-electron chi connectivity index (χ0n) is 21.4. The molecule has 3 aromatic rings. The summed E-state index contributed by atoms with van der Waals surface area (Å²) in [6.45, 7) is 6.80. The van der Waals surface area contributed by atoms with Gasteiger partial charge in [0.25, 0.3) is 0 Å². The van der Waals surface area contributed by atoms with Crippen LogP contribution in [0.2, 0.25) is 0 Å². The van der Waals surface area contributed by atoms with Crippen LogP contribution in [0.1, 0.15) is 45.1 Å². The molecule has 4 aliphatic rings. The van der Waals surface area contributed by atoms with Gasteiger partial charge in [0.1, 0.15) is 17.4 Å². The van der Waals surface area contributed by atoms with Gasteiger partial charge in [0.2, 0.25) is 5.91 Å². The van der Waals surface area contributed by atoms with Crippen LogP contribution in [0.25, 0.3) is 22.3 Å². The fraction of sp³-hybridized carbons (Fsp3) is 0.552. The SMILES string of the molecule is C[C@@H](Oc1cc(-c2ccc(N3CCC(C4COC4)CC3)cn2)cc2ncn(C3CC3)c12)C1CNC(=O)C1. The number of aromatic nitrogens is 3. The van der Waals surface area contributed by atoms with Crippen molar-refractivity contribution < 1.29 is 14.3 Å². The molecule has 0 radical (unpaired) electrons. The molecule has 194 valence electrons. The van der Waals surface area contributed by atoms with E-state index in [2.05, 4.69) is 46.0 Å². The molecule has 37 heavy (non-hydrogen) atoms. The number of rotatable bonds is 7. The lowest BCUT2D eigenvalue weighted by Gasteiger charge is -2.40. The molecular weight excluding hydrogens is 466 g/mol. The molecule has 1 aromatic carbocycles. The molecule has 0 spiro atoms. The summed E-state index contributed by atoms with van der Waals surface area (Å²) in [6, 6.07) is 9.05. The Balaban J connectivity index is 1.13. The van der Waals surface area contributed by atoms with E-state index < -0.39 is 0 Å². The van der Waals surface area contributed by atoms with Crippen LogP contribution in [0, 0.1) is 17.8 Å². The van der Waals surface area contributed by atoms with Gasteiger partial charge in [-0.05, 0) is 62.8 Å². The van der Waals surface area contributed by atoms with E-state index >= 15 is 0 Å². The predicted molar refractivity (Wildman–Crippen MR) is 142 cm³/mol. The second kappa shape index (κ2) is 9.31.